The molecule has 1 unspecified atom stereocenters. The summed E-state index contributed by atoms with van der Waals surface area (Å²) in [6.07, 6.45) is 0.455. The standard InChI is InChI=1S/C12H12BrNO3/c1-7-9(12(16)17)3-2-4-10(7)14-6-8(13)5-11(14)15/h2-4,8H,5-6H2,1H3,(H,16,17). The molecule has 90 valence electrons. The minimum absolute atomic E-state index is 0.0255. The van der Waals surface area contributed by atoms with Crippen molar-refractivity contribution in [2.24, 2.45) is 0 Å². The molecule has 0 radical (unpaired) electrons. The lowest BCUT2D eigenvalue weighted by Crippen LogP contribution is -2.25. The Hall–Kier alpha value is -1.36. The Labute approximate surface area is 107 Å². The van der Waals surface area contributed by atoms with Gasteiger partial charge in [0.05, 0.1) is 5.56 Å². The van der Waals surface area contributed by atoms with Crippen molar-refractivity contribution in [2.75, 3.05) is 11.4 Å². The van der Waals surface area contributed by atoms with Crippen molar-refractivity contribution in [1.29, 1.82) is 0 Å². The Balaban J connectivity index is 2.43. The lowest BCUT2D eigenvalue weighted by atomic mass is 10.1. The highest BCUT2D eigenvalue weighted by Gasteiger charge is 2.30. The van der Waals surface area contributed by atoms with Crippen LogP contribution in [0.2, 0.25) is 0 Å². The fourth-order valence-corrected chi connectivity index (χ4v) is 2.61. The molecule has 1 aliphatic heterocycles. The average molecular weight is 298 g/mol. The van der Waals surface area contributed by atoms with Gasteiger partial charge in [0.25, 0.3) is 0 Å². The maximum Gasteiger partial charge on any atom is 0.336 e. The molecule has 2 rings (SSSR count). The van der Waals surface area contributed by atoms with Crippen molar-refractivity contribution in [1.82, 2.24) is 0 Å². The molecular weight excluding hydrogens is 286 g/mol. The number of carbonyl (C=O) groups excluding carboxylic acids is 1. The number of nitrogens with zero attached hydrogens (tertiary/aromatic N) is 1. The van der Waals surface area contributed by atoms with Crippen LogP contribution in [0.25, 0.3) is 0 Å². The van der Waals surface area contributed by atoms with Crippen LogP contribution in [0, 0.1) is 6.92 Å². The van der Waals surface area contributed by atoms with Gasteiger partial charge in [0.1, 0.15) is 0 Å². The van der Waals surface area contributed by atoms with E-state index in [1.807, 2.05) is 0 Å². The van der Waals surface area contributed by atoms with Crippen molar-refractivity contribution < 1.29 is 14.7 Å². The number of halogens is 1. The Morgan fingerprint density at radius 1 is 1.53 bits per heavy atom. The zero-order valence-electron chi connectivity index (χ0n) is 9.31. The Morgan fingerprint density at radius 3 is 2.76 bits per heavy atom. The molecule has 1 aliphatic rings. The third-order valence-corrected chi connectivity index (χ3v) is 3.52. The first-order chi connectivity index (χ1) is 8.00. The van der Waals surface area contributed by atoms with Gasteiger partial charge in [-0.15, -0.1) is 0 Å². The Kier molecular flexibility index (Phi) is 3.19. The minimum atomic E-state index is -0.966. The number of hydrogen-bond donors (Lipinski definition) is 1. The van der Waals surface area contributed by atoms with Crippen LogP contribution in [0.4, 0.5) is 5.69 Å². The maximum atomic E-state index is 11.8. The molecule has 1 saturated heterocycles. The van der Waals surface area contributed by atoms with Crippen LogP contribution >= 0.6 is 15.9 Å². The smallest absolute Gasteiger partial charge is 0.336 e. The molecule has 5 heteroatoms. The van der Waals surface area contributed by atoms with Gasteiger partial charge < -0.3 is 10.0 Å². The van der Waals surface area contributed by atoms with Crippen LogP contribution in [0.3, 0.4) is 0 Å². The molecule has 1 aromatic rings. The van der Waals surface area contributed by atoms with Crippen molar-refractivity contribution in [2.45, 2.75) is 18.2 Å². The lowest BCUT2D eigenvalue weighted by molar-refractivity contribution is -0.117. The molecule has 1 atom stereocenters. The first-order valence-electron chi connectivity index (χ1n) is 5.28. The molecule has 0 aromatic heterocycles. The Bertz CT molecular complexity index is 487. The average Bonchev–Trinajstić information content (AvgIpc) is 2.57. The maximum absolute atomic E-state index is 11.8. The number of carboxylic acids is 1. The van der Waals surface area contributed by atoms with Crippen molar-refractivity contribution >= 4 is 33.5 Å². The quantitative estimate of drug-likeness (QED) is 0.852. The summed E-state index contributed by atoms with van der Waals surface area (Å²) in [5.41, 5.74) is 1.57. The number of carboxylic acid groups (broad SMARTS) is 1. The number of rotatable bonds is 2. The molecule has 1 aromatic carbocycles. The molecule has 0 aliphatic carbocycles. The molecule has 1 heterocycles. The third-order valence-electron chi connectivity index (χ3n) is 2.90. The van der Waals surface area contributed by atoms with E-state index in [0.29, 0.717) is 24.2 Å². The summed E-state index contributed by atoms with van der Waals surface area (Å²) in [6.45, 7) is 2.32. The topological polar surface area (TPSA) is 57.6 Å². The number of carbonyl (C=O) groups is 2. The van der Waals surface area contributed by atoms with Gasteiger partial charge in [-0.25, -0.2) is 4.79 Å². The normalized spacial score (nSPS) is 19.8. The van der Waals surface area contributed by atoms with E-state index in [1.54, 1.807) is 30.0 Å². The van der Waals surface area contributed by atoms with E-state index in [0.717, 1.165) is 0 Å². The highest BCUT2D eigenvalue weighted by atomic mass is 79.9. The number of aromatic carboxylic acids is 1. The van der Waals surface area contributed by atoms with Gasteiger partial charge in [-0.05, 0) is 24.6 Å². The fraction of sp³-hybridized carbons (Fsp3) is 0.333. The molecule has 0 bridgehead atoms. The minimum Gasteiger partial charge on any atom is -0.478 e. The van der Waals surface area contributed by atoms with E-state index in [4.69, 9.17) is 5.11 Å². The third kappa shape index (κ3) is 2.20. The number of hydrogen-bond acceptors (Lipinski definition) is 2. The second-order valence-electron chi connectivity index (χ2n) is 4.06. The molecule has 0 saturated carbocycles. The zero-order valence-corrected chi connectivity index (χ0v) is 10.9. The number of anilines is 1. The largest absolute Gasteiger partial charge is 0.478 e. The Morgan fingerprint density at radius 2 is 2.24 bits per heavy atom. The van der Waals surface area contributed by atoms with Gasteiger partial charge in [-0.3, -0.25) is 4.79 Å². The van der Waals surface area contributed by atoms with Crippen LogP contribution in [0.15, 0.2) is 18.2 Å². The van der Waals surface area contributed by atoms with Gasteiger partial charge in [-0.1, -0.05) is 22.0 Å². The van der Waals surface area contributed by atoms with Gasteiger partial charge in [0.2, 0.25) is 5.91 Å². The van der Waals surface area contributed by atoms with Crippen LogP contribution < -0.4 is 4.90 Å². The van der Waals surface area contributed by atoms with Crippen LogP contribution in [0.5, 0.6) is 0 Å². The van der Waals surface area contributed by atoms with Gasteiger partial charge in [0.15, 0.2) is 0 Å². The van der Waals surface area contributed by atoms with E-state index < -0.39 is 5.97 Å². The van der Waals surface area contributed by atoms with E-state index in [1.165, 1.54) is 0 Å². The van der Waals surface area contributed by atoms with Gasteiger partial charge >= 0.3 is 5.97 Å². The first kappa shape index (κ1) is 12.1. The van der Waals surface area contributed by atoms with E-state index in [2.05, 4.69) is 15.9 Å². The molecule has 0 spiro atoms. The monoisotopic (exact) mass is 297 g/mol. The van der Waals surface area contributed by atoms with Crippen LogP contribution in [0.1, 0.15) is 22.3 Å². The lowest BCUT2D eigenvalue weighted by Gasteiger charge is -2.19. The molecule has 1 amide bonds. The first-order valence-corrected chi connectivity index (χ1v) is 6.19. The zero-order chi connectivity index (χ0) is 12.6. The number of benzene rings is 1. The summed E-state index contributed by atoms with van der Waals surface area (Å²) in [7, 11) is 0. The summed E-state index contributed by atoms with van der Waals surface area (Å²) >= 11 is 3.41. The highest BCUT2D eigenvalue weighted by molar-refractivity contribution is 9.09. The predicted molar refractivity (Wildman–Crippen MR) is 67.8 cm³/mol. The summed E-state index contributed by atoms with van der Waals surface area (Å²) in [5, 5.41) is 9.04. The molecule has 4 nitrogen and oxygen atoms in total. The SMILES string of the molecule is Cc1c(C(=O)O)cccc1N1CC(Br)CC1=O. The van der Waals surface area contributed by atoms with Crippen molar-refractivity contribution in [3.8, 4) is 0 Å². The van der Waals surface area contributed by atoms with Gasteiger partial charge in [0, 0.05) is 23.5 Å². The number of alkyl halides is 1. The predicted octanol–water partition coefficient (Wildman–Crippen LogP) is 2.19. The fourth-order valence-electron chi connectivity index (χ4n) is 2.04. The van der Waals surface area contributed by atoms with Crippen molar-refractivity contribution in [3.63, 3.8) is 0 Å². The number of amides is 1. The second-order valence-corrected chi connectivity index (χ2v) is 5.36. The molecule has 1 fully saturated rings. The highest BCUT2D eigenvalue weighted by Crippen LogP contribution is 2.29. The van der Waals surface area contributed by atoms with E-state index >= 15 is 0 Å². The molecular formula is C12H12BrNO3. The van der Waals surface area contributed by atoms with Gasteiger partial charge in [-0.2, -0.15) is 0 Å². The summed E-state index contributed by atoms with van der Waals surface area (Å²) in [6, 6.07) is 5.00. The second kappa shape index (κ2) is 4.49. The summed E-state index contributed by atoms with van der Waals surface area (Å²) < 4.78 is 0. The molecule has 1 N–H and O–H groups in total. The summed E-state index contributed by atoms with van der Waals surface area (Å²) in [5.74, 6) is -0.941. The summed E-state index contributed by atoms with van der Waals surface area (Å²) in [4.78, 5) is 24.6. The van der Waals surface area contributed by atoms with E-state index in [9.17, 15) is 9.59 Å². The van der Waals surface area contributed by atoms with E-state index in [-0.39, 0.29) is 16.3 Å². The van der Waals surface area contributed by atoms with Crippen LogP contribution in [-0.2, 0) is 4.79 Å². The molecule has 17 heavy (non-hydrogen) atoms. The van der Waals surface area contributed by atoms with Crippen molar-refractivity contribution in [3.05, 3.63) is 29.3 Å². The van der Waals surface area contributed by atoms with Crippen LogP contribution in [-0.4, -0.2) is 28.4 Å².